The molecule has 9 heteroatoms. The predicted molar refractivity (Wildman–Crippen MR) is 130 cm³/mol. The van der Waals surface area contributed by atoms with Crippen molar-refractivity contribution in [2.24, 2.45) is 0 Å². The number of nitrogen functional groups attached to an aromatic ring is 1. The van der Waals surface area contributed by atoms with Crippen LogP contribution in [0.25, 0.3) is 22.0 Å². The molecule has 0 fully saturated rings. The average Bonchev–Trinajstić information content (AvgIpc) is 3.29. The first-order valence-corrected chi connectivity index (χ1v) is 11.4. The lowest BCUT2D eigenvalue weighted by Gasteiger charge is -2.20. The van der Waals surface area contributed by atoms with Crippen molar-refractivity contribution in [2.75, 3.05) is 11.1 Å². The van der Waals surface area contributed by atoms with Gasteiger partial charge >= 0.3 is 6.18 Å². The first-order valence-electron chi connectivity index (χ1n) is 11.4. The molecule has 2 aromatic carbocycles. The van der Waals surface area contributed by atoms with Gasteiger partial charge in [0.15, 0.2) is 0 Å². The van der Waals surface area contributed by atoms with Crippen LogP contribution in [-0.2, 0) is 19.0 Å². The number of alkyl halides is 3. The number of fused-ring (bicyclic) bond motifs is 3. The minimum Gasteiger partial charge on any atom is -0.399 e. The molecule has 0 bridgehead atoms. The molecule has 2 aromatic heterocycles. The van der Waals surface area contributed by atoms with Crippen LogP contribution in [0.3, 0.4) is 0 Å². The standard InChI is InChI=1S/C26H24F3N5O/c1-13(16-8-17(26(27,28)29)10-18(30)9-16)32-25-22-11-21(15-6-7-23(35)31-12-15)19-4-3-5-20(19)24(22)33-14(2)34-25/h6-13H,3-5,30H2,1-2H3,(H,31,35)(H,32,33,34). The number of aromatic nitrogens is 3. The Bertz CT molecular complexity index is 1490. The molecular formula is C26H24F3N5O. The first-order chi connectivity index (χ1) is 16.6. The van der Waals surface area contributed by atoms with Crippen LogP contribution < -0.4 is 16.6 Å². The Morgan fingerprint density at radius 3 is 2.57 bits per heavy atom. The highest BCUT2D eigenvalue weighted by atomic mass is 19.4. The lowest BCUT2D eigenvalue weighted by Crippen LogP contribution is -2.13. The van der Waals surface area contributed by atoms with Gasteiger partial charge in [0.2, 0.25) is 5.56 Å². The van der Waals surface area contributed by atoms with E-state index in [2.05, 4.69) is 15.3 Å². The highest BCUT2D eigenvalue weighted by molar-refractivity contribution is 5.97. The number of hydrogen-bond acceptors (Lipinski definition) is 5. The van der Waals surface area contributed by atoms with Crippen molar-refractivity contribution in [3.05, 3.63) is 81.0 Å². The maximum Gasteiger partial charge on any atom is 0.416 e. The molecule has 1 atom stereocenters. The number of aryl methyl sites for hydroxylation is 2. The number of nitrogens with zero attached hydrogens (tertiary/aromatic N) is 2. The van der Waals surface area contributed by atoms with Crippen LogP contribution in [0.4, 0.5) is 24.7 Å². The van der Waals surface area contributed by atoms with E-state index in [4.69, 9.17) is 10.7 Å². The normalized spacial score (nSPS) is 14.2. The number of anilines is 2. The van der Waals surface area contributed by atoms with Crippen molar-refractivity contribution in [2.45, 2.75) is 45.3 Å². The highest BCUT2D eigenvalue weighted by Gasteiger charge is 2.31. The summed E-state index contributed by atoms with van der Waals surface area (Å²) in [4.78, 5) is 23.6. The number of hydrogen-bond donors (Lipinski definition) is 3. The van der Waals surface area contributed by atoms with Crippen molar-refractivity contribution in [1.82, 2.24) is 15.0 Å². The van der Waals surface area contributed by atoms with Crippen LogP contribution in [0, 0.1) is 6.92 Å². The Morgan fingerprint density at radius 1 is 1.09 bits per heavy atom. The molecule has 0 saturated heterocycles. The Morgan fingerprint density at radius 2 is 1.86 bits per heavy atom. The quantitative estimate of drug-likeness (QED) is 0.333. The summed E-state index contributed by atoms with van der Waals surface area (Å²) in [7, 11) is 0. The summed E-state index contributed by atoms with van der Waals surface area (Å²) in [6, 6.07) is 8.35. The van der Waals surface area contributed by atoms with Gasteiger partial charge in [0.1, 0.15) is 11.6 Å². The topological polar surface area (TPSA) is 96.7 Å². The molecule has 0 saturated carbocycles. The lowest BCUT2D eigenvalue weighted by molar-refractivity contribution is -0.137. The number of pyridine rings is 1. The molecule has 0 amide bonds. The molecule has 0 radical (unpaired) electrons. The summed E-state index contributed by atoms with van der Waals surface area (Å²) >= 11 is 0. The van der Waals surface area contributed by atoms with E-state index in [9.17, 15) is 18.0 Å². The van der Waals surface area contributed by atoms with Gasteiger partial charge in [-0.15, -0.1) is 0 Å². The molecule has 4 aromatic rings. The van der Waals surface area contributed by atoms with Crippen LogP contribution in [0.2, 0.25) is 0 Å². The van der Waals surface area contributed by atoms with Gasteiger partial charge in [0, 0.05) is 23.3 Å². The Hall–Kier alpha value is -3.88. The van der Waals surface area contributed by atoms with E-state index >= 15 is 0 Å². The van der Waals surface area contributed by atoms with Gasteiger partial charge < -0.3 is 16.0 Å². The maximum absolute atomic E-state index is 13.3. The minimum absolute atomic E-state index is 0.0466. The minimum atomic E-state index is -4.49. The number of nitrogens with one attached hydrogen (secondary N) is 2. The van der Waals surface area contributed by atoms with E-state index in [1.807, 2.05) is 6.07 Å². The van der Waals surface area contributed by atoms with E-state index in [0.29, 0.717) is 17.2 Å². The third-order valence-electron chi connectivity index (χ3n) is 6.43. The van der Waals surface area contributed by atoms with Crippen LogP contribution in [0.1, 0.15) is 47.5 Å². The highest BCUT2D eigenvalue weighted by Crippen LogP contribution is 2.40. The third kappa shape index (κ3) is 4.34. The number of rotatable bonds is 4. The van der Waals surface area contributed by atoms with E-state index in [0.717, 1.165) is 59.0 Å². The second kappa shape index (κ2) is 8.41. The fraction of sp³-hybridized carbons (Fsp3) is 0.269. The SMILES string of the molecule is Cc1nc(NC(C)c2cc(N)cc(C(F)(F)F)c2)c2cc(-c3ccc(=O)[nH]c3)c3c(c2n1)CCC3. The van der Waals surface area contributed by atoms with Crippen molar-refractivity contribution in [3.63, 3.8) is 0 Å². The number of nitrogens with two attached hydrogens (primary N) is 1. The van der Waals surface area contributed by atoms with E-state index in [-0.39, 0.29) is 11.2 Å². The van der Waals surface area contributed by atoms with Gasteiger partial charge in [0.05, 0.1) is 17.1 Å². The molecule has 1 unspecified atom stereocenters. The monoisotopic (exact) mass is 479 g/mol. The molecule has 4 N–H and O–H groups in total. The number of halogens is 3. The fourth-order valence-electron chi connectivity index (χ4n) is 4.81. The maximum atomic E-state index is 13.3. The molecule has 1 aliphatic rings. The number of aromatic amines is 1. The Balaban J connectivity index is 1.63. The summed E-state index contributed by atoms with van der Waals surface area (Å²) < 4.78 is 40.0. The molecule has 5 rings (SSSR count). The first kappa shape index (κ1) is 22.9. The Labute approximate surface area is 199 Å². The van der Waals surface area contributed by atoms with Crippen LogP contribution in [0.15, 0.2) is 47.4 Å². The van der Waals surface area contributed by atoms with Crippen molar-refractivity contribution in [3.8, 4) is 11.1 Å². The molecule has 180 valence electrons. The molecular weight excluding hydrogens is 455 g/mol. The zero-order valence-electron chi connectivity index (χ0n) is 19.3. The summed E-state index contributed by atoms with van der Waals surface area (Å²) in [5.41, 5.74) is 10.3. The molecule has 0 aliphatic heterocycles. The van der Waals surface area contributed by atoms with Crippen LogP contribution in [0.5, 0.6) is 0 Å². The second-order valence-electron chi connectivity index (χ2n) is 8.94. The predicted octanol–water partition coefficient (Wildman–Crippen LogP) is 5.56. The Kier molecular flexibility index (Phi) is 5.50. The molecule has 0 spiro atoms. The van der Waals surface area contributed by atoms with E-state index < -0.39 is 17.8 Å². The van der Waals surface area contributed by atoms with Crippen molar-refractivity contribution in [1.29, 1.82) is 0 Å². The average molecular weight is 480 g/mol. The summed E-state index contributed by atoms with van der Waals surface area (Å²) in [5, 5.41) is 4.08. The van der Waals surface area contributed by atoms with Gasteiger partial charge in [-0.1, -0.05) is 0 Å². The molecule has 35 heavy (non-hydrogen) atoms. The third-order valence-corrected chi connectivity index (χ3v) is 6.43. The zero-order valence-corrected chi connectivity index (χ0v) is 19.3. The number of benzene rings is 2. The summed E-state index contributed by atoms with van der Waals surface area (Å²) in [6.07, 6.45) is -0.0208. The van der Waals surface area contributed by atoms with Crippen molar-refractivity contribution < 1.29 is 13.2 Å². The van der Waals surface area contributed by atoms with E-state index in [1.54, 1.807) is 26.1 Å². The summed E-state index contributed by atoms with van der Waals surface area (Å²) in [6.45, 7) is 3.57. The van der Waals surface area contributed by atoms with Gasteiger partial charge in [-0.3, -0.25) is 4.79 Å². The van der Waals surface area contributed by atoms with Crippen LogP contribution >= 0.6 is 0 Å². The zero-order chi connectivity index (χ0) is 24.9. The van der Waals surface area contributed by atoms with Crippen LogP contribution in [-0.4, -0.2) is 15.0 Å². The van der Waals surface area contributed by atoms with Crippen molar-refractivity contribution >= 4 is 22.4 Å². The summed E-state index contributed by atoms with van der Waals surface area (Å²) in [5.74, 6) is 1.11. The smallest absolute Gasteiger partial charge is 0.399 e. The molecule has 2 heterocycles. The van der Waals surface area contributed by atoms with Gasteiger partial charge in [0.25, 0.3) is 0 Å². The molecule has 6 nitrogen and oxygen atoms in total. The largest absolute Gasteiger partial charge is 0.416 e. The van der Waals surface area contributed by atoms with E-state index in [1.165, 1.54) is 17.7 Å². The molecule has 1 aliphatic carbocycles. The lowest BCUT2D eigenvalue weighted by atomic mass is 9.94. The second-order valence-corrected chi connectivity index (χ2v) is 8.94. The number of H-pyrrole nitrogens is 1. The van der Waals surface area contributed by atoms with Gasteiger partial charge in [-0.05, 0) is 91.3 Å². The van der Waals surface area contributed by atoms with Gasteiger partial charge in [-0.25, -0.2) is 9.97 Å². The van der Waals surface area contributed by atoms with Gasteiger partial charge in [-0.2, -0.15) is 13.2 Å². The fourth-order valence-corrected chi connectivity index (χ4v) is 4.81.